The van der Waals surface area contributed by atoms with Crippen LogP contribution in [0.3, 0.4) is 0 Å². The van der Waals surface area contributed by atoms with Crippen LogP contribution in [-0.4, -0.2) is 39.8 Å². The number of hydrogen-bond donors (Lipinski definition) is 1. The minimum absolute atomic E-state index is 0.0256. The van der Waals surface area contributed by atoms with E-state index in [4.69, 9.17) is 23.7 Å². The molecule has 0 unspecified atom stereocenters. The van der Waals surface area contributed by atoms with Crippen molar-refractivity contribution in [3.8, 4) is 28.7 Å². The van der Waals surface area contributed by atoms with Gasteiger partial charge in [-0.3, -0.25) is 9.59 Å². The molecular formula is C25H25NO7. The van der Waals surface area contributed by atoms with Crippen molar-refractivity contribution in [2.45, 2.75) is 31.1 Å². The van der Waals surface area contributed by atoms with E-state index in [0.29, 0.717) is 52.9 Å². The number of nitrogens with one attached hydrogen (secondary N) is 1. The van der Waals surface area contributed by atoms with Crippen molar-refractivity contribution in [1.29, 1.82) is 0 Å². The van der Waals surface area contributed by atoms with Gasteiger partial charge in [0.2, 0.25) is 18.4 Å². The fourth-order valence-electron chi connectivity index (χ4n) is 4.95. The highest BCUT2D eigenvalue weighted by atomic mass is 16.7. The molecule has 2 aromatic carbocycles. The number of ether oxygens (including phenoxy) is 5. The van der Waals surface area contributed by atoms with Crippen molar-refractivity contribution in [1.82, 2.24) is 5.32 Å². The molecule has 0 saturated carbocycles. The number of hydrogen-bond acceptors (Lipinski definition) is 7. The molecule has 33 heavy (non-hydrogen) atoms. The predicted octanol–water partition coefficient (Wildman–Crippen LogP) is 3.45. The number of rotatable bonds is 5. The second-order valence-electron chi connectivity index (χ2n) is 8.30. The quantitative estimate of drug-likeness (QED) is 0.744. The number of fused-ring (bicyclic) bond motifs is 1. The Bertz CT molecular complexity index is 1140. The Morgan fingerprint density at radius 1 is 0.848 bits per heavy atom. The van der Waals surface area contributed by atoms with Gasteiger partial charge >= 0.3 is 0 Å². The van der Waals surface area contributed by atoms with E-state index in [9.17, 15) is 9.59 Å². The van der Waals surface area contributed by atoms with Gasteiger partial charge < -0.3 is 29.0 Å². The molecule has 1 N–H and O–H groups in total. The van der Waals surface area contributed by atoms with Crippen LogP contribution >= 0.6 is 0 Å². The molecule has 1 amide bonds. The molecule has 3 aliphatic rings. The summed E-state index contributed by atoms with van der Waals surface area (Å²) in [4.78, 5) is 26.0. The summed E-state index contributed by atoms with van der Waals surface area (Å²) < 4.78 is 27.3. The van der Waals surface area contributed by atoms with Crippen LogP contribution in [0, 0.1) is 0 Å². The number of benzene rings is 2. The van der Waals surface area contributed by atoms with Gasteiger partial charge in [-0.2, -0.15) is 0 Å². The first-order valence-electron chi connectivity index (χ1n) is 10.8. The predicted molar refractivity (Wildman–Crippen MR) is 118 cm³/mol. The highest BCUT2D eigenvalue weighted by molar-refractivity contribution is 6.02. The fraction of sp³-hybridized carbons (Fsp3) is 0.360. The average molecular weight is 451 g/mol. The van der Waals surface area contributed by atoms with Crippen LogP contribution < -0.4 is 29.0 Å². The molecule has 8 nitrogen and oxygen atoms in total. The molecule has 5 rings (SSSR count). The fourth-order valence-corrected chi connectivity index (χ4v) is 4.95. The van der Waals surface area contributed by atoms with E-state index in [1.54, 1.807) is 21.3 Å². The number of allylic oxidation sites excluding steroid dienone is 2. The third kappa shape index (κ3) is 3.65. The van der Waals surface area contributed by atoms with E-state index < -0.39 is 0 Å². The molecular weight excluding hydrogens is 426 g/mol. The Morgan fingerprint density at radius 2 is 1.58 bits per heavy atom. The SMILES string of the molecule is COc1cc([C@@H]2CC(=O)C3=C(C2)NC(=O)C[C@H]3c2ccc3c(c2)OCO3)cc(OC)c1OC. The van der Waals surface area contributed by atoms with Crippen LogP contribution in [0.25, 0.3) is 0 Å². The van der Waals surface area contributed by atoms with Crippen molar-refractivity contribution in [2.75, 3.05) is 28.1 Å². The molecule has 2 aromatic rings. The lowest BCUT2D eigenvalue weighted by atomic mass is 9.73. The summed E-state index contributed by atoms with van der Waals surface area (Å²) in [7, 11) is 4.67. The summed E-state index contributed by atoms with van der Waals surface area (Å²) in [5, 5.41) is 2.96. The Labute approximate surface area is 191 Å². The third-order valence-corrected chi connectivity index (χ3v) is 6.49. The number of carbonyl (C=O) groups excluding carboxylic acids is 2. The topological polar surface area (TPSA) is 92.3 Å². The van der Waals surface area contributed by atoms with Gasteiger partial charge in [-0.15, -0.1) is 0 Å². The summed E-state index contributed by atoms with van der Waals surface area (Å²) >= 11 is 0. The summed E-state index contributed by atoms with van der Waals surface area (Å²) in [6.07, 6.45) is 1.08. The van der Waals surface area contributed by atoms with Crippen LogP contribution in [0.15, 0.2) is 41.6 Å². The van der Waals surface area contributed by atoms with Crippen molar-refractivity contribution >= 4 is 11.7 Å². The summed E-state index contributed by atoms with van der Waals surface area (Å²) in [5.41, 5.74) is 3.13. The average Bonchev–Trinajstić information content (AvgIpc) is 3.30. The van der Waals surface area contributed by atoms with Gasteiger partial charge in [0.1, 0.15) is 0 Å². The minimum Gasteiger partial charge on any atom is -0.493 e. The van der Waals surface area contributed by atoms with Gasteiger partial charge in [-0.1, -0.05) is 6.07 Å². The van der Waals surface area contributed by atoms with Crippen LogP contribution in [0.5, 0.6) is 28.7 Å². The van der Waals surface area contributed by atoms with Crippen molar-refractivity contribution in [3.63, 3.8) is 0 Å². The first-order chi connectivity index (χ1) is 16.0. The summed E-state index contributed by atoms with van der Waals surface area (Å²) in [6, 6.07) is 9.33. The van der Waals surface area contributed by atoms with Crippen molar-refractivity contribution in [2.24, 2.45) is 0 Å². The largest absolute Gasteiger partial charge is 0.493 e. The molecule has 172 valence electrons. The second-order valence-corrected chi connectivity index (χ2v) is 8.30. The number of ketones is 1. The van der Waals surface area contributed by atoms with Gasteiger partial charge in [0.25, 0.3) is 0 Å². The Morgan fingerprint density at radius 3 is 2.27 bits per heavy atom. The molecule has 0 spiro atoms. The smallest absolute Gasteiger partial charge is 0.231 e. The molecule has 2 aliphatic heterocycles. The van der Waals surface area contributed by atoms with E-state index >= 15 is 0 Å². The van der Waals surface area contributed by atoms with Crippen LogP contribution in [0.2, 0.25) is 0 Å². The highest BCUT2D eigenvalue weighted by Gasteiger charge is 2.39. The van der Waals surface area contributed by atoms with Crippen LogP contribution in [0.1, 0.15) is 42.2 Å². The number of amides is 1. The molecule has 2 heterocycles. The lowest BCUT2D eigenvalue weighted by Crippen LogP contribution is -2.38. The molecule has 0 bridgehead atoms. The summed E-state index contributed by atoms with van der Waals surface area (Å²) in [6.45, 7) is 0.174. The van der Waals surface area contributed by atoms with Crippen molar-refractivity contribution < 1.29 is 33.3 Å². The Balaban J connectivity index is 1.51. The zero-order valence-corrected chi connectivity index (χ0v) is 18.7. The molecule has 0 fully saturated rings. The minimum atomic E-state index is -0.309. The van der Waals surface area contributed by atoms with Crippen molar-refractivity contribution in [3.05, 3.63) is 52.7 Å². The van der Waals surface area contributed by atoms with E-state index in [-0.39, 0.29) is 36.7 Å². The first-order valence-corrected chi connectivity index (χ1v) is 10.8. The van der Waals surface area contributed by atoms with Gasteiger partial charge in [-0.25, -0.2) is 0 Å². The van der Waals surface area contributed by atoms with Gasteiger partial charge in [0.15, 0.2) is 28.8 Å². The normalized spacial score (nSPS) is 21.4. The molecule has 2 atom stereocenters. The standard InChI is InChI=1S/C25H25NO7/c1-29-21-9-15(10-22(30-2)25(21)31-3)14-6-17-24(18(27)7-14)16(11-23(28)26-17)13-4-5-19-20(8-13)33-12-32-19/h4-5,8-10,14,16H,6-7,11-12H2,1-3H3,(H,26,28)/t14-,16-/m0/s1. The molecule has 0 saturated heterocycles. The maximum Gasteiger partial charge on any atom is 0.231 e. The van der Waals surface area contributed by atoms with Crippen LogP contribution in [0.4, 0.5) is 0 Å². The van der Waals surface area contributed by atoms with E-state index in [1.807, 2.05) is 30.3 Å². The van der Waals surface area contributed by atoms with Crippen LogP contribution in [-0.2, 0) is 9.59 Å². The van der Waals surface area contributed by atoms with Gasteiger partial charge in [-0.05, 0) is 47.7 Å². The molecule has 8 heteroatoms. The zero-order chi connectivity index (χ0) is 23.1. The second kappa shape index (κ2) is 8.35. The number of methoxy groups -OCH3 is 3. The van der Waals surface area contributed by atoms with E-state index in [0.717, 1.165) is 11.1 Å². The Hall–Kier alpha value is -3.68. The van der Waals surface area contributed by atoms with Gasteiger partial charge in [0.05, 0.1) is 21.3 Å². The van der Waals surface area contributed by atoms with E-state index in [2.05, 4.69) is 5.32 Å². The maximum atomic E-state index is 13.4. The number of carbonyl (C=O) groups is 2. The molecule has 1 aliphatic carbocycles. The molecule has 0 radical (unpaired) electrons. The lowest BCUT2D eigenvalue weighted by molar-refractivity contribution is -0.122. The van der Waals surface area contributed by atoms with Gasteiger partial charge in [0, 0.05) is 30.0 Å². The number of Topliss-reactive ketones (excluding diaryl/α,β-unsaturated/α-hetero) is 1. The lowest BCUT2D eigenvalue weighted by Gasteiger charge is -2.34. The maximum absolute atomic E-state index is 13.4. The zero-order valence-electron chi connectivity index (χ0n) is 18.7. The summed E-state index contributed by atoms with van der Waals surface area (Å²) in [5.74, 6) is 2.37. The monoisotopic (exact) mass is 451 g/mol. The third-order valence-electron chi connectivity index (χ3n) is 6.49. The van der Waals surface area contributed by atoms with E-state index in [1.165, 1.54) is 0 Å². The Kier molecular flexibility index (Phi) is 5.36. The first kappa shape index (κ1) is 21.2. The molecule has 0 aromatic heterocycles. The highest BCUT2D eigenvalue weighted by Crippen LogP contribution is 2.47.